The summed E-state index contributed by atoms with van der Waals surface area (Å²) in [6.07, 6.45) is 0.931. The number of fused-ring (bicyclic) bond motifs is 3. The van der Waals surface area contributed by atoms with E-state index in [-0.39, 0.29) is 30.4 Å². The van der Waals surface area contributed by atoms with Crippen molar-refractivity contribution in [2.24, 2.45) is 5.92 Å². The molecule has 7 nitrogen and oxygen atoms in total. The number of amides is 1. The van der Waals surface area contributed by atoms with Gasteiger partial charge >= 0.3 is 0 Å². The topological polar surface area (TPSA) is 78.2 Å². The first-order valence-electron chi connectivity index (χ1n) is 12.9. The summed E-state index contributed by atoms with van der Waals surface area (Å²) in [5, 5.41) is 0.468. The summed E-state index contributed by atoms with van der Waals surface area (Å²) in [7, 11) is 0. The van der Waals surface area contributed by atoms with E-state index in [1.807, 2.05) is 61.5 Å². The van der Waals surface area contributed by atoms with Crippen molar-refractivity contribution in [3.8, 4) is 17.2 Å². The Kier molecular flexibility index (Phi) is 6.06. The zero-order chi connectivity index (χ0) is 26.4. The van der Waals surface area contributed by atoms with Crippen molar-refractivity contribution in [1.82, 2.24) is 4.90 Å². The van der Waals surface area contributed by atoms with Gasteiger partial charge in [0, 0.05) is 6.54 Å². The molecule has 0 spiro atoms. The Morgan fingerprint density at radius 2 is 1.84 bits per heavy atom. The Bertz CT molecular complexity index is 1600. The molecule has 0 unspecified atom stereocenters. The van der Waals surface area contributed by atoms with Gasteiger partial charge in [0.25, 0.3) is 5.91 Å². The summed E-state index contributed by atoms with van der Waals surface area (Å²) in [6.45, 7) is 7.26. The average molecular weight is 512 g/mol. The van der Waals surface area contributed by atoms with Gasteiger partial charge in [-0.2, -0.15) is 0 Å². The van der Waals surface area contributed by atoms with Crippen LogP contribution in [0.15, 0.2) is 69.9 Å². The standard InChI is InChI=1S/C31H29NO6/c1-18(2)11-12-35-22-6-4-5-21(15-22)28-27-29(33)23-13-19(3)7-9-24(23)38-30(27)31(34)32(28)16-20-8-10-25-26(14-20)37-17-36-25/h4-10,13-15,18,28H,11-12,16-17H2,1-3H3/t28-/m1/s1. The quantitative estimate of drug-likeness (QED) is 0.303. The van der Waals surface area contributed by atoms with E-state index in [0.717, 1.165) is 23.1 Å². The van der Waals surface area contributed by atoms with Crippen molar-refractivity contribution in [3.63, 3.8) is 0 Å². The van der Waals surface area contributed by atoms with Gasteiger partial charge in [-0.1, -0.05) is 43.7 Å². The molecule has 1 aromatic heterocycles. The predicted molar refractivity (Wildman–Crippen MR) is 143 cm³/mol. The van der Waals surface area contributed by atoms with Crippen molar-refractivity contribution < 1.29 is 23.4 Å². The van der Waals surface area contributed by atoms with Crippen molar-refractivity contribution in [2.75, 3.05) is 13.4 Å². The minimum atomic E-state index is -0.627. The van der Waals surface area contributed by atoms with Crippen LogP contribution >= 0.6 is 0 Å². The summed E-state index contributed by atoms with van der Waals surface area (Å²) in [5.74, 6) is 2.30. The summed E-state index contributed by atoms with van der Waals surface area (Å²) < 4.78 is 23.1. The van der Waals surface area contributed by atoms with Crippen molar-refractivity contribution in [3.05, 3.63) is 98.9 Å². The number of benzene rings is 3. The Labute approximate surface area is 220 Å². The second-order valence-corrected chi connectivity index (χ2v) is 10.3. The van der Waals surface area contributed by atoms with E-state index >= 15 is 0 Å². The number of rotatable bonds is 7. The normalized spacial score (nSPS) is 15.9. The van der Waals surface area contributed by atoms with Crippen LogP contribution in [0.2, 0.25) is 0 Å². The molecule has 2 aliphatic heterocycles. The van der Waals surface area contributed by atoms with Gasteiger partial charge in [-0.3, -0.25) is 9.59 Å². The molecular formula is C31H29NO6. The summed E-state index contributed by atoms with van der Waals surface area (Å²) in [5.41, 5.74) is 3.16. The molecule has 0 radical (unpaired) electrons. The minimum Gasteiger partial charge on any atom is -0.494 e. The highest BCUT2D eigenvalue weighted by atomic mass is 16.7. The molecule has 7 heteroatoms. The molecule has 3 heterocycles. The number of aryl methyl sites for hydroxylation is 1. The molecule has 194 valence electrons. The predicted octanol–water partition coefficient (Wildman–Crippen LogP) is 6.00. The van der Waals surface area contributed by atoms with E-state index in [0.29, 0.717) is 46.3 Å². The number of hydrogen-bond donors (Lipinski definition) is 0. The Morgan fingerprint density at radius 3 is 2.68 bits per heavy atom. The van der Waals surface area contributed by atoms with Crippen LogP contribution in [-0.4, -0.2) is 24.2 Å². The van der Waals surface area contributed by atoms with Crippen LogP contribution < -0.4 is 19.6 Å². The van der Waals surface area contributed by atoms with E-state index < -0.39 is 6.04 Å². The third-order valence-electron chi connectivity index (χ3n) is 7.05. The van der Waals surface area contributed by atoms with Gasteiger partial charge in [0.15, 0.2) is 16.9 Å². The molecule has 0 aliphatic carbocycles. The zero-order valence-electron chi connectivity index (χ0n) is 21.7. The maximum Gasteiger partial charge on any atom is 0.291 e. The lowest BCUT2D eigenvalue weighted by molar-refractivity contribution is 0.0714. The molecular weight excluding hydrogens is 482 g/mol. The van der Waals surface area contributed by atoms with Gasteiger partial charge in [-0.15, -0.1) is 0 Å². The van der Waals surface area contributed by atoms with Crippen LogP contribution in [0.5, 0.6) is 17.2 Å². The van der Waals surface area contributed by atoms with Gasteiger partial charge in [0.2, 0.25) is 12.6 Å². The van der Waals surface area contributed by atoms with E-state index in [1.165, 1.54) is 0 Å². The lowest BCUT2D eigenvalue weighted by Gasteiger charge is -2.25. The molecule has 0 fully saturated rings. The number of nitrogens with zero attached hydrogens (tertiary/aromatic N) is 1. The first-order chi connectivity index (χ1) is 18.4. The maximum atomic E-state index is 13.9. The highest BCUT2D eigenvalue weighted by Crippen LogP contribution is 2.41. The number of carbonyl (C=O) groups is 1. The fourth-order valence-corrected chi connectivity index (χ4v) is 5.07. The molecule has 6 rings (SSSR count). The molecule has 1 atom stereocenters. The average Bonchev–Trinajstić information content (AvgIpc) is 3.47. The molecule has 2 aliphatic rings. The van der Waals surface area contributed by atoms with Crippen LogP contribution in [0, 0.1) is 12.8 Å². The zero-order valence-corrected chi connectivity index (χ0v) is 21.7. The third-order valence-corrected chi connectivity index (χ3v) is 7.05. The molecule has 0 bridgehead atoms. The SMILES string of the molecule is Cc1ccc2oc3c(c(=O)c2c1)[C@@H](c1cccc(OCCC(C)C)c1)N(Cc1ccc2c(c1)OCO2)C3=O. The van der Waals surface area contributed by atoms with Gasteiger partial charge in [-0.25, -0.2) is 0 Å². The summed E-state index contributed by atoms with van der Waals surface area (Å²) in [4.78, 5) is 29.4. The molecule has 4 aromatic rings. The van der Waals surface area contributed by atoms with E-state index in [1.54, 1.807) is 11.0 Å². The third kappa shape index (κ3) is 4.28. The Morgan fingerprint density at radius 1 is 1.00 bits per heavy atom. The highest BCUT2D eigenvalue weighted by Gasteiger charge is 2.43. The summed E-state index contributed by atoms with van der Waals surface area (Å²) >= 11 is 0. The van der Waals surface area contributed by atoms with E-state index in [2.05, 4.69) is 13.8 Å². The van der Waals surface area contributed by atoms with Crippen LogP contribution in [0.4, 0.5) is 0 Å². The second-order valence-electron chi connectivity index (χ2n) is 10.3. The largest absolute Gasteiger partial charge is 0.494 e. The van der Waals surface area contributed by atoms with Gasteiger partial charge < -0.3 is 23.5 Å². The maximum absolute atomic E-state index is 13.9. The monoisotopic (exact) mass is 511 g/mol. The van der Waals surface area contributed by atoms with Crippen molar-refractivity contribution in [1.29, 1.82) is 0 Å². The fraction of sp³-hybridized carbons (Fsp3) is 0.290. The molecule has 0 N–H and O–H groups in total. The Balaban J connectivity index is 1.45. The van der Waals surface area contributed by atoms with E-state index in [9.17, 15) is 9.59 Å². The lowest BCUT2D eigenvalue weighted by atomic mass is 9.97. The van der Waals surface area contributed by atoms with Crippen molar-refractivity contribution >= 4 is 16.9 Å². The molecule has 38 heavy (non-hydrogen) atoms. The lowest BCUT2D eigenvalue weighted by Crippen LogP contribution is -2.29. The Hall–Kier alpha value is -4.26. The molecule has 1 amide bonds. The van der Waals surface area contributed by atoms with Gasteiger partial charge in [-0.05, 0) is 66.8 Å². The van der Waals surface area contributed by atoms with Crippen molar-refractivity contribution in [2.45, 2.75) is 39.8 Å². The van der Waals surface area contributed by atoms with Crippen LogP contribution in [0.3, 0.4) is 0 Å². The van der Waals surface area contributed by atoms with E-state index in [4.69, 9.17) is 18.6 Å². The van der Waals surface area contributed by atoms with Crippen LogP contribution in [0.25, 0.3) is 11.0 Å². The molecule has 3 aromatic carbocycles. The first-order valence-corrected chi connectivity index (χ1v) is 12.9. The van der Waals surface area contributed by atoms with Crippen LogP contribution in [0.1, 0.15) is 59.1 Å². The fourth-order valence-electron chi connectivity index (χ4n) is 5.07. The smallest absolute Gasteiger partial charge is 0.291 e. The number of ether oxygens (including phenoxy) is 3. The molecule has 0 saturated heterocycles. The first kappa shape index (κ1) is 24.1. The van der Waals surface area contributed by atoms with Gasteiger partial charge in [0.1, 0.15) is 11.3 Å². The number of carbonyl (C=O) groups excluding carboxylic acids is 1. The number of hydrogen-bond acceptors (Lipinski definition) is 6. The second kappa shape index (κ2) is 9.56. The highest BCUT2D eigenvalue weighted by molar-refractivity contribution is 5.99. The van der Waals surface area contributed by atoms with Crippen LogP contribution in [-0.2, 0) is 6.54 Å². The molecule has 0 saturated carbocycles. The van der Waals surface area contributed by atoms with Gasteiger partial charge in [0.05, 0.1) is 23.6 Å². The summed E-state index contributed by atoms with van der Waals surface area (Å²) in [6, 6.07) is 18.1. The minimum absolute atomic E-state index is 0.0863.